The molecule has 0 radical (unpaired) electrons. The maximum Gasteiger partial charge on any atom is 0.414 e. The second-order valence-corrected chi connectivity index (χ2v) is 7.54. The van der Waals surface area contributed by atoms with E-state index in [1.54, 1.807) is 4.90 Å². The number of carbonyl (C=O) groups excluding carboxylic acids is 1. The average molecular weight is 384 g/mol. The Bertz CT molecular complexity index is 859. The van der Waals surface area contributed by atoms with Gasteiger partial charge in [0, 0.05) is 42.0 Å². The lowest BCUT2D eigenvalue weighted by Gasteiger charge is -2.35. The Morgan fingerprint density at radius 2 is 2.18 bits per heavy atom. The summed E-state index contributed by atoms with van der Waals surface area (Å²) in [7, 11) is 1.43. The van der Waals surface area contributed by atoms with Crippen LogP contribution in [0.15, 0.2) is 24.5 Å². The molecule has 1 fully saturated rings. The van der Waals surface area contributed by atoms with E-state index in [0.29, 0.717) is 12.6 Å². The first-order chi connectivity index (χ1) is 13.6. The Balaban J connectivity index is 1.77. The maximum atomic E-state index is 12.4. The largest absolute Gasteiger partial charge is 0.493 e. The molecule has 150 valence electrons. The van der Waals surface area contributed by atoms with Crippen LogP contribution in [0.25, 0.3) is 11.1 Å². The number of fused-ring (bicyclic) bond motifs is 1. The maximum absolute atomic E-state index is 12.4. The number of amides is 1. The monoisotopic (exact) mass is 384 g/mol. The number of hydrogen-bond donors (Lipinski definition) is 1. The van der Waals surface area contributed by atoms with Crippen molar-refractivity contribution in [1.29, 1.82) is 0 Å². The van der Waals surface area contributed by atoms with Crippen molar-refractivity contribution in [3.8, 4) is 16.9 Å². The van der Waals surface area contributed by atoms with Crippen molar-refractivity contribution >= 4 is 11.8 Å². The standard InChI is InChI=1S/C21H28N4O3/c1-4-9-28-20-17(15-10-23-24(13-15)16-11-22-12-16)7-8-19-18(20)6-5-14(2)25(19)21(26)27-3/h7-8,10,13-14,16,22H,4-6,9,11-12H2,1-3H3/t14-/m0/s1. The normalized spacial score (nSPS) is 19.1. The van der Waals surface area contributed by atoms with Gasteiger partial charge in [-0.25, -0.2) is 4.79 Å². The lowest BCUT2D eigenvalue weighted by molar-refractivity contribution is 0.175. The highest BCUT2D eigenvalue weighted by atomic mass is 16.5. The Kier molecular flexibility index (Phi) is 5.26. The molecule has 1 atom stereocenters. The van der Waals surface area contributed by atoms with Crippen LogP contribution in [0.5, 0.6) is 5.75 Å². The molecule has 0 aliphatic carbocycles. The molecule has 1 amide bonds. The highest BCUT2D eigenvalue weighted by Crippen LogP contribution is 2.43. The van der Waals surface area contributed by atoms with E-state index in [-0.39, 0.29) is 12.1 Å². The number of nitrogens with one attached hydrogen (secondary N) is 1. The van der Waals surface area contributed by atoms with E-state index in [0.717, 1.165) is 60.5 Å². The summed E-state index contributed by atoms with van der Waals surface area (Å²) in [6, 6.07) is 4.57. The molecule has 7 nitrogen and oxygen atoms in total. The zero-order valence-corrected chi connectivity index (χ0v) is 16.8. The second-order valence-electron chi connectivity index (χ2n) is 7.54. The van der Waals surface area contributed by atoms with Gasteiger partial charge in [0.05, 0.1) is 31.6 Å². The van der Waals surface area contributed by atoms with Crippen LogP contribution in [-0.2, 0) is 11.2 Å². The molecule has 2 aliphatic heterocycles. The first-order valence-electron chi connectivity index (χ1n) is 10.0. The molecule has 4 rings (SSSR count). The van der Waals surface area contributed by atoms with Gasteiger partial charge in [0.1, 0.15) is 5.75 Å². The number of ether oxygens (including phenoxy) is 2. The van der Waals surface area contributed by atoms with E-state index < -0.39 is 0 Å². The van der Waals surface area contributed by atoms with Crippen molar-refractivity contribution in [2.45, 2.75) is 45.2 Å². The van der Waals surface area contributed by atoms with Crippen LogP contribution in [0.1, 0.15) is 38.3 Å². The van der Waals surface area contributed by atoms with E-state index in [4.69, 9.17) is 9.47 Å². The third-order valence-corrected chi connectivity index (χ3v) is 5.62. The molecule has 7 heteroatoms. The van der Waals surface area contributed by atoms with Crippen LogP contribution in [0.4, 0.5) is 10.5 Å². The van der Waals surface area contributed by atoms with Crippen LogP contribution in [0.2, 0.25) is 0 Å². The van der Waals surface area contributed by atoms with Crippen LogP contribution < -0.4 is 15.0 Å². The van der Waals surface area contributed by atoms with E-state index >= 15 is 0 Å². The third kappa shape index (κ3) is 3.24. The predicted octanol–water partition coefficient (Wildman–Crippen LogP) is 3.39. The molecule has 1 aromatic heterocycles. The highest BCUT2D eigenvalue weighted by Gasteiger charge is 2.32. The number of benzene rings is 1. The molecule has 1 aromatic carbocycles. The number of anilines is 1. The minimum Gasteiger partial charge on any atom is -0.493 e. The van der Waals surface area contributed by atoms with E-state index in [1.807, 2.05) is 23.0 Å². The summed E-state index contributed by atoms with van der Waals surface area (Å²) >= 11 is 0. The van der Waals surface area contributed by atoms with Crippen molar-refractivity contribution in [3.63, 3.8) is 0 Å². The Labute approximate surface area is 165 Å². The molecular formula is C21H28N4O3. The number of aromatic nitrogens is 2. The van der Waals surface area contributed by atoms with Crippen molar-refractivity contribution in [2.75, 3.05) is 31.7 Å². The minimum absolute atomic E-state index is 0.0960. The quantitative estimate of drug-likeness (QED) is 0.856. The number of rotatable bonds is 5. The summed E-state index contributed by atoms with van der Waals surface area (Å²) in [6.45, 7) is 6.70. The van der Waals surface area contributed by atoms with Gasteiger partial charge < -0.3 is 14.8 Å². The molecule has 2 aliphatic rings. The molecule has 1 N–H and O–H groups in total. The lowest BCUT2D eigenvalue weighted by Crippen LogP contribution is -2.43. The van der Waals surface area contributed by atoms with Gasteiger partial charge in [0.25, 0.3) is 0 Å². The third-order valence-electron chi connectivity index (χ3n) is 5.62. The van der Waals surface area contributed by atoms with E-state index in [1.165, 1.54) is 7.11 Å². The van der Waals surface area contributed by atoms with Crippen LogP contribution in [0.3, 0.4) is 0 Å². The molecule has 0 bridgehead atoms. The smallest absolute Gasteiger partial charge is 0.414 e. The highest BCUT2D eigenvalue weighted by molar-refractivity contribution is 5.92. The summed E-state index contributed by atoms with van der Waals surface area (Å²) in [5, 5.41) is 7.83. The van der Waals surface area contributed by atoms with Crippen molar-refractivity contribution in [1.82, 2.24) is 15.1 Å². The first-order valence-corrected chi connectivity index (χ1v) is 10.0. The van der Waals surface area contributed by atoms with Crippen LogP contribution in [-0.4, -0.2) is 48.7 Å². The van der Waals surface area contributed by atoms with Gasteiger partial charge in [-0.15, -0.1) is 0 Å². The van der Waals surface area contributed by atoms with Gasteiger partial charge in [-0.05, 0) is 38.3 Å². The number of nitrogens with zero attached hydrogens (tertiary/aromatic N) is 3. The molecule has 28 heavy (non-hydrogen) atoms. The molecule has 0 spiro atoms. The Morgan fingerprint density at radius 1 is 1.36 bits per heavy atom. The summed E-state index contributed by atoms with van der Waals surface area (Å²) in [6.07, 6.45) is 6.34. The SMILES string of the molecule is CCCOc1c(-c2cnn(C3CNC3)c2)ccc2c1CC[C@H](C)N2C(=O)OC. The second kappa shape index (κ2) is 7.83. The van der Waals surface area contributed by atoms with Gasteiger partial charge in [0.15, 0.2) is 0 Å². The Morgan fingerprint density at radius 3 is 2.86 bits per heavy atom. The minimum atomic E-state index is -0.326. The van der Waals surface area contributed by atoms with Gasteiger partial charge >= 0.3 is 6.09 Å². The van der Waals surface area contributed by atoms with Crippen molar-refractivity contribution < 1.29 is 14.3 Å². The zero-order valence-electron chi connectivity index (χ0n) is 16.8. The molecule has 0 unspecified atom stereocenters. The lowest BCUT2D eigenvalue weighted by atomic mass is 9.92. The topological polar surface area (TPSA) is 68.6 Å². The van der Waals surface area contributed by atoms with E-state index in [9.17, 15) is 4.79 Å². The fraction of sp³-hybridized carbons (Fsp3) is 0.524. The fourth-order valence-electron chi connectivity index (χ4n) is 3.91. The van der Waals surface area contributed by atoms with Gasteiger partial charge in [-0.1, -0.05) is 6.92 Å². The molecule has 2 aromatic rings. The molecule has 1 saturated heterocycles. The van der Waals surface area contributed by atoms with E-state index in [2.05, 4.69) is 30.5 Å². The molecular weight excluding hydrogens is 356 g/mol. The number of carbonyl (C=O) groups is 1. The summed E-state index contributed by atoms with van der Waals surface area (Å²) in [5.74, 6) is 0.867. The van der Waals surface area contributed by atoms with Crippen LogP contribution in [0, 0.1) is 0 Å². The summed E-state index contributed by atoms with van der Waals surface area (Å²) in [5.41, 5.74) is 4.04. The van der Waals surface area contributed by atoms with Gasteiger partial charge in [-0.2, -0.15) is 5.10 Å². The van der Waals surface area contributed by atoms with Crippen molar-refractivity contribution in [2.24, 2.45) is 0 Å². The molecule has 3 heterocycles. The van der Waals surface area contributed by atoms with Crippen molar-refractivity contribution in [3.05, 3.63) is 30.1 Å². The molecule has 0 saturated carbocycles. The fourth-order valence-corrected chi connectivity index (χ4v) is 3.91. The first kappa shape index (κ1) is 18.8. The number of methoxy groups -OCH3 is 1. The summed E-state index contributed by atoms with van der Waals surface area (Å²) in [4.78, 5) is 14.1. The van der Waals surface area contributed by atoms with Crippen LogP contribution >= 0.6 is 0 Å². The predicted molar refractivity (Wildman–Crippen MR) is 108 cm³/mol. The van der Waals surface area contributed by atoms with Gasteiger partial charge in [-0.3, -0.25) is 9.58 Å². The summed E-state index contributed by atoms with van der Waals surface area (Å²) < 4.78 is 13.3. The average Bonchev–Trinajstić information content (AvgIpc) is 3.12. The van der Waals surface area contributed by atoms with Gasteiger partial charge in [0.2, 0.25) is 0 Å². The zero-order chi connectivity index (χ0) is 19.7. The number of hydrogen-bond acceptors (Lipinski definition) is 5. The Hall–Kier alpha value is -2.54.